The summed E-state index contributed by atoms with van der Waals surface area (Å²) < 4.78 is 10.6. The number of fused-ring (bicyclic) bond motifs is 1. The number of rotatable bonds is 2. The zero-order valence-corrected chi connectivity index (χ0v) is 13.1. The minimum absolute atomic E-state index is 0.0313. The van der Waals surface area contributed by atoms with Gasteiger partial charge in [-0.3, -0.25) is 9.59 Å². The van der Waals surface area contributed by atoms with E-state index in [2.05, 4.69) is 10.5 Å². The molecule has 22 heavy (non-hydrogen) atoms. The van der Waals surface area contributed by atoms with Gasteiger partial charge in [0.15, 0.2) is 17.4 Å². The van der Waals surface area contributed by atoms with Gasteiger partial charge < -0.3 is 14.3 Å². The van der Waals surface area contributed by atoms with Crippen molar-refractivity contribution in [3.05, 3.63) is 34.5 Å². The lowest BCUT2D eigenvalue weighted by Crippen LogP contribution is -2.26. The number of anilines is 1. The molecule has 0 fully saturated rings. The molecule has 2 aromatic heterocycles. The molecule has 0 bridgehead atoms. The third-order valence-electron chi connectivity index (χ3n) is 3.85. The van der Waals surface area contributed by atoms with E-state index in [4.69, 9.17) is 8.94 Å². The second-order valence-corrected chi connectivity index (χ2v) is 6.57. The molecule has 0 saturated heterocycles. The number of nitrogens with zero attached hydrogens (tertiary/aromatic N) is 1. The Balaban J connectivity index is 1.93. The predicted octanol–water partition coefficient (Wildman–Crippen LogP) is 3.29. The zero-order chi connectivity index (χ0) is 16.1. The van der Waals surface area contributed by atoms with E-state index in [1.165, 1.54) is 0 Å². The molecule has 0 spiro atoms. The van der Waals surface area contributed by atoms with Crippen molar-refractivity contribution >= 4 is 17.5 Å². The van der Waals surface area contributed by atoms with Gasteiger partial charge in [0.1, 0.15) is 11.5 Å². The molecule has 0 aromatic carbocycles. The van der Waals surface area contributed by atoms with Crippen LogP contribution in [0.4, 0.5) is 5.82 Å². The maximum Gasteiger partial charge on any atom is 0.292 e. The number of furan rings is 1. The molecule has 1 aliphatic carbocycles. The number of aryl methyl sites for hydroxylation is 1. The van der Waals surface area contributed by atoms with Crippen LogP contribution in [0.25, 0.3) is 0 Å². The van der Waals surface area contributed by atoms with Crippen molar-refractivity contribution in [2.75, 3.05) is 5.32 Å². The standard InChI is InChI=1S/C16H18N2O4/c1-8-5-12(18-22-8)17-15(20)14-9(2)13-10(19)6-16(3,4)7-11(13)21-14/h5H,6-7H2,1-4H3,(H,17,18,20). The zero-order valence-electron chi connectivity index (χ0n) is 13.1. The molecule has 1 amide bonds. The quantitative estimate of drug-likeness (QED) is 0.920. The number of aromatic nitrogens is 1. The van der Waals surface area contributed by atoms with Gasteiger partial charge in [-0.2, -0.15) is 0 Å². The highest BCUT2D eigenvalue weighted by molar-refractivity contribution is 6.07. The molecule has 116 valence electrons. The average Bonchev–Trinajstić information content (AvgIpc) is 2.92. The minimum atomic E-state index is -0.425. The average molecular weight is 302 g/mol. The summed E-state index contributed by atoms with van der Waals surface area (Å²) in [5.41, 5.74) is 1.000. The summed E-state index contributed by atoms with van der Waals surface area (Å²) in [4.78, 5) is 24.6. The molecule has 0 saturated carbocycles. The van der Waals surface area contributed by atoms with E-state index in [0.717, 1.165) is 0 Å². The van der Waals surface area contributed by atoms with Crippen LogP contribution in [-0.2, 0) is 6.42 Å². The van der Waals surface area contributed by atoms with Gasteiger partial charge in [0.2, 0.25) is 0 Å². The van der Waals surface area contributed by atoms with Crippen LogP contribution in [0.1, 0.15) is 58.3 Å². The lowest BCUT2D eigenvalue weighted by Gasteiger charge is -2.27. The van der Waals surface area contributed by atoms with Crippen molar-refractivity contribution in [3.63, 3.8) is 0 Å². The Morgan fingerprint density at radius 1 is 1.32 bits per heavy atom. The molecule has 6 nitrogen and oxygen atoms in total. The largest absolute Gasteiger partial charge is 0.455 e. The lowest BCUT2D eigenvalue weighted by atomic mass is 9.76. The molecular formula is C16H18N2O4. The Bertz CT molecular complexity index is 767. The van der Waals surface area contributed by atoms with Gasteiger partial charge in [0.05, 0.1) is 5.56 Å². The van der Waals surface area contributed by atoms with Crippen LogP contribution in [-0.4, -0.2) is 16.8 Å². The van der Waals surface area contributed by atoms with Crippen molar-refractivity contribution in [3.8, 4) is 0 Å². The van der Waals surface area contributed by atoms with Crippen LogP contribution < -0.4 is 5.32 Å². The smallest absolute Gasteiger partial charge is 0.292 e. The van der Waals surface area contributed by atoms with Gasteiger partial charge in [-0.05, 0) is 19.3 Å². The summed E-state index contributed by atoms with van der Waals surface area (Å²) >= 11 is 0. The molecule has 0 radical (unpaired) electrons. The summed E-state index contributed by atoms with van der Waals surface area (Å²) in [6.45, 7) is 7.51. The summed E-state index contributed by atoms with van der Waals surface area (Å²) in [5.74, 6) is 1.29. The van der Waals surface area contributed by atoms with E-state index in [0.29, 0.717) is 41.3 Å². The third kappa shape index (κ3) is 2.45. The first-order valence-corrected chi connectivity index (χ1v) is 7.17. The van der Waals surface area contributed by atoms with Crippen LogP contribution in [0.3, 0.4) is 0 Å². The first-order valence-electron chi connectivity index (χ1n) is 7.17. The van der Waals surface area contributed by atoms with Crippen LogP contribution in [0.2, 0.25) is 0 Å². The van der Waals surface area contributed by atoms with Gasteiger partial charge in [0, 0.05) is 24.5 Å². The van der Waals surface area contributed by atoms with Crippen molar-refractivity contribution in [2.45, 2.75) is 40.5 Å². The second kappa shape index (κ2) is 4.83. The summed E-state index contributed by atoms with van der Waals surface area (Å²) in [7, 11) is 0. The summed E-state index contributed by atoms with van der Waals surface area (Å²) in [6.07, 6.45) is 1.11. The van der Waals surface area contributed by atoms with Gasteiger partial charge in [-0.25, -0.2) is 0 Å². The van der Waals surface area contributed by atoms with E-state index in [1.807, 2.05) is 13.8 Å². The topological polar surface area (TPSA) is 85.3 Å². The van der Waals surface area contributed by atoms with E-state index in [9.17, 15) is 9.59 Å². The fourth-order valence-electron chi connectivity index (χ4n) is 2.90. The molecule has 2 aromatic rings. The number of ketones is 1. The van der Waals surface area contributed by atoms with Crippen LogP contribution in [0.15, 0.2) is 15.0 Å². The molecule has 0 atom stereocenters. The van der Waals surface area contributed by atoms with Crippen molar-refractivity contribution < 1.29 is 18.5 Å². The summed E-state index contributed by atoms with van der Waals surface area (Å²) in [5, 5.41) is 6.33. The van der Waals surface area contributed by atoms with Crippen molar-refractivity contribution in [1.82, 2.24) is 5.16 Å². The number of carbonyl (C=O) groups is 2. The number of Topliss-reactive ketones (excluding diaryl/α,β-unsaturated/α-hetero) is 1. The van der Waals surface area contributed by atoms with Crippen molar-refractivity contribution in [1.29, 1.82) is 0 Å². The van der Waals surface area contributed by atoms with Crippen LogP contribution >= 0.6 is 0 Å². The summed E-state index contributed by atoms with van der Waals surface area (Å²) in [6, 6.07) is 1.62. The monoisotopic (exact) mass is 302 g/mol. The highest BCUT2D eigenvalue weighted by atomic mass is 16.5. The molecule has 0 aliphatic heterocycles. The van der Waals surface area contributed by atoms with E-state index in [-0.39, 0.29) is 17.0 Å². The highest BCUT2D eigenvalue weighted by Crippen LogP contribution is 2.38. The molecule has 3 rings (SSSR count). The molecule has 0 unspecified atom stereocenters. The number of carbonyl (C=O) groups excluding carboxylic acids is 2. The van der Waals surface area contributed by atoms with Gasteiger partial charge in [-0.15, -0.1) is 0 Å². The molecule has 1 aliphatic rings. The van der Waals surface area contributed by atoms with Gasteiger partial charge >= 0.3 is 0 Å². The maximum absolute atomic E-state index is 12.3. The SMILES string of the molecule is Cc1cc(NC(=O)c2oc3c(c2C)C(=O)CC(C)(C)C3)no1. The van der Waals surface area contributed by atoms with Crippen LogP contribution in [0, 0.1) is 19.3 Å². The normalized spacial score (nSPS) is 16.5. The number of hydrogen-bond acceptors (Lipinski definition) is 5. The maximum atomic E-state index is 12.3. The van der Waals surface area contributed by atoms with Gasteiger partial charge in [0.25, 0.3) is 5.91 Å². The fourth-order valence-corrected chi connectivity index (χ4v) is 2.90. The van der Waals surface area contributed by atoms with E-state index >= 15 is 0 Å². The first kappa shape index (κ1) is 14.6. The minimum Gasteiger partial charge on any atom is -0.455 e. The van der Waals surface area contributed by atoms with E-state index in [1.54, 1.807) is 19.9 Å². The fraction of sp³-hybridized carbons (Fsp3) is 0.438. The third-order valence-corrected chi connectivity index (χ3v) is 3.85. The lowest BCUT2D eigenvalue weighted by molar-refractivity contribution is 0.0898. The van der Waals surface area contributed by atoms with Gasteiger partial charge in [-0.1, -0.05) is 19.0 Å². The highest BCUT2D eigenvalue weighted by Gasteiger charge is 2.37. The number of amides is 1. The molecule has 2 heterocycles. The van der Waals surface area contributed by atoms with Crippen molar-refractivity contribution in [2.24, 2.45) is 5.41 Å². The Hall–Kier alpha value is -2.37. The molecule has 6 heteroatoms. The predicted molar refractivity (Wildman–Crippen MR) is 79.1 cm³/mol. The number of nitrogens with one attached hydrogen (secondary N) is 1. The first-order chi connectivity index (χ1) is 10.3. The Morgan fingerprint density at radius 3 is 2.68 bits per heavy atom. The second-order valence-electron chi connectivity index (χ2n) is 6.57. The van der Waals surface area contributed by atoms with Crippen LogP contribution in [0.5, 0.6) is 0 Å². The molecular weight excluding hydrogens is 284 g/mol. The molecule has 1 N–H and O–H groups in total. The number of hydrogen-bond donors (Lipinski definition) is 1. The Morgan fingerprint density at radius 2 is 2.05 bits per heavy atom. The van der Waals surface area contributed by atoms with E-state index < -0.39 is 5.91 Å². The Kier molecular flexibility index (Phi) is 3.20. The Labute approximate surface area is 127 Å².